The molecule has 76 heavy (non-hydrogen) atoms. The molecule has 0 saturated heterocycles. The van der Waals surface area contributed by atoms with Crippen LogP contribution in [0, 0.1) is 13.8 Å². The van der Waals surface area contributed by atoms with Crippen LogP contribution in [0.2, 0.25) is 0 Å². The van der Waals surface area contributed by atoms with Gasteiger partial charge in [-0.25, -0.2) is 0 Å². The fourth-order valence-electron chi connectivity index (χ4n) is 15.4. The largest absolute Gasteiger partial charge is 0.311 e. The van der Waals surface area contributed by atoms with Crippen molar-refractivity contribution in [1.29, 1.82) is 0 Å². The minimum atomic E-state index is -0.493. The van der Waals surface area contributed by atoms with E-state index in [-0.39, 0.29) is 12.1 Å². The van der Waals surface area contributed by atoms with Crippen LogP contribution in [0.15, 0.2) is 218 Å². The number of hydrogen-bond donors (Lipinski definition) is 0. The minimum Gasteiger partial charge on any atom is -0.311 e. The van der Waals surface area contributed by atoms with Crippen molar-refractivity contribution in [1.82, 2.24) is 0 Å². The zero-order chi connectivity index (χ0) is 50.6. The minimum absolute atomic E-state index is 0.0137. The van der Waals surface area contributed by atoms with E-state index in [1.165, 1.54) is 155 Å². The number of para-hydroxylation sites is 1. The van der Waals surface area contributed by atoms with Gasteiger partial charge in [0.15, 0.2) is 0 Å². The monoisotopic (exact) mass is 986 g/mol. The third-order valence-electron chi connectivity index (χ3n) is 18.3. The summed E-state index contributed by atoms with van der Waals surface area (Å²) >= 11 is 2.08. The summed E-state index contributed by atoms with van der Waals surface area (Å²) in [5, 5.41) is 0. The van der Waals surface area contributed by atoms with Crippen molar-refractivity contribution in [3.63, 3.8) is 0 Å². The Balaban J connectivity index is 1.04. The van der Waals surface area contributed by atoms with Crippen LogP contribution in [0.3, 0.4) is 0 Å². The second kappa shape index (κ2) is 14.7. The zero-order valence-electron chi connectivity index (χ0n) is 43.2. The summed E-state index contributed by atoms with van der Waals surface area (Å²) in [5.74, 6) is 0. The highest BCUT2D eigenvalue weighted by atomic mass is 32.1. The van der Waals surface area contributed by atoms with Crippen LogP contribution in [0.4, 0.5) is 34.1 Å². The Morgan fingerprint density at radius 1 is 0.395 bits per heavy atom. The van der Waals surface area contributed by atoms with Crippen LogP contribution in [0.1, 0.15) is 81.3 Å². The van der Waals surface area contributed by atoms with Gasteiger partial charge in [0.05, 0.1) is 16.5 Å². The second-order valence-corrected chi connectivity index (χ2v) is 24.3. The Morgan fingerprint density at radius 2 is 0.882 bits per heavy atom. The molecule has 11 aromatic rings. The van der Waals surface area contributed by atoms with Gasteiger partial charge in [-0.1, -0.05) is 202 Å². The molecule has 0 atom stereocenters. The summed E-state index contributed by atoms with van der Waals surface area (Å²) < 4.78 is 1.40. The van der Waals surface area contributed by atoms with Gasteiger partial charge in [-0.05, 0) is 162 Å². The van der Waals surface area contributed by atoms with Crippen molar-refractivity contribution in [2.24, 2.45) is 0 Å². The SMILES string of the molecule is Cc1cc2c3c(c1)N(c1ccccc1)c1c(sc4c1-c1ccc(C)cc1C41c4ccccc4-c4ccccc41)B3c1cc3c(cc1N2c1ccc(C(C)(C)C)cc1)-c1ccccc1C31c2ccccc2-c2ccccc21. The highest BCUT2D eigenvalue weighted by Gasteiger charge is 2.58. The molecule has 2 aliphatic heterocycles. The Kier molecular flexibility index (Phi) is 8.29. The number of fused-ring (bicyclic) bond motifs is 25. The van der Waals surface area contributed by atoms with Crippen LogP contribution in [-0.2, 0) is 16.2 Å². The predicted molar refractivity (Wildman–Crippen MR) is 319 cm³/mol. The van der Waals surface area contributed by atoms with Gasteiger partial charge in [0.25, 0.3) is 6.71 Å². The lowest BCUT2D eigenvalue weighted by Gasteiger charge is -2.44. The van der Waals surface area contributed by atoms with Crippen molar-refractivity contribution in [2.45, 2.75) is 50.9 Å². The molecule has 0 radical (unpaired) electrons. The van der Waals surface area contributed by atoms with Crippen molar-refractivity contribution in [2.75, 3.05) is 9.80 Å². The Bertz CT molecular complexity index is 4290. The highest BCUT2D eigenvalue weighted by molar-refractivity contribution is 7.30. The molecule has 4 heteroatoms. The van der Waals surface area contributed by atoms with Gasteiger partial charge < -0.3 is 9.80 Å². The third-order valence-corrected chi connectivity index (χ3v) is 19.7. The molecular weight excluding hydrogens is 936 g/mol. The fourth-order valence-corrected chi connectivity index (χ4v) is 17.0. The van der Waals surface area contributed by atoms with E-state index in [2.05, 4.69) is 274 Å². The average molecular weight is 987 g/mol. The first-order chi connectivity index (χ1) is 37.2. The van der Waals surface area contributed by atoms with Gasteiger partial charge in [-0.3, -0.25) is 0 Å². The molecule has 0 saturated carbocycles. The molecule has 4 aliphatic carbocycles. The first-order valence-corrected chi connectivity index (χ1v) is 27.8. The average Bonchev–Trinajstić information content (AvgIpc) is 4.40. The zero-order valence-corrected chi connectivity index (χ0v) is 44.0. The smallest absolute Gasteiger partial charge is 0.264 e. The van der Waals surface area contributed by atoms with E-state index in [4.69, 9.17) is 0 Å². The molecule has 0 fully saturated rings. The van der Waals surface area contributed by atoms with Crippen LogP contribution in [-0.4, -0.2) is 6.71 Å². The number of anilines is 6. The van der Waals surface area contributed by atoms with Crippen molar-refractivity contribution >= 4 is 67.9 Å². The van der Waals surface area contributed by atoms with E-state index in [1.807, 2.05) is 0 Å². The van der Waals surface area contributed by atoms with Gasteiger partial charge in [0, 0.05) is 43.7 Å². The van der Waals surface area contributed by atoms with Crippen molar-refractivity contribution < 1.29 is 0 Å². The highest BCUT2D eigenvalue weighted by Crippen LogP contribution is 2.68. The molecular formula is C72H51BN2S. The van der Waals surface area contributed by atoms with E-state index in [0.717, 1.165) is 0 Å². The molecule has 0 N–H and O–H groups in total. The lowest BCUT2D eigenvalue weighted by atomic mass is 9.35. The summed E-state index contributed by atoms with van der Waals surface area (Å²) in [4.78, 5) is 6.73. The van der Waals surface area contributed by atoms with Crippen molar-refractivity contribution in [3.8, 4) is 44.5 Å². The summed E-state index contributed by atoms with van der Waals surface area (Å²) in [6.07, 6.45) is 0. The van der Waals surface area contributed by atoms with E-state index < -0.39 is 10.8 Å². The van der Waals surface area contributed by atoms with Crippen LogP contribution >= 0.6 is 11.3 Å². The first-order valence-electron chi connectivity index (χ1n) is 27.0. The van der Waals surface area contributed by atoms with Gasteiger partial charge in [0.2, 0.25) is 0 Å². The Hall–Kier alpha value is -8.44. The summed E-state index contributed by atoms with van der Waals surface area (Å²) in [6, 6.07) is 84.7. The molecule has 17 rings (SSSR count). The van der Waals surface area contributed by atoms with E-state index in [9.17, 15) is 0 Å². The summed E-state index contributed by atoms with van der Waals surface area (Å²) in [7, 11) is 0. The summed E-state index contributed by atoms with van der Waals surface area (Å²) in [5.41, 5.74) is 33.3. The molecule has 2 spiro atoms. The number of thiophene rings is 1. The summed E-state index contributed by atoms with van der Waals surface area (Å²) in [6.45, 7) is 11.4. The third kappa shape index (κ3) is 5.10. The quantitative estimate of drug-likeness (QED) is 0.159. The standard InChI is InChI=1S/C72H51BN2S/c1-42-31-36-52-59(37-42)72(57-29-17-11-23-49(57)50-24-12-18-30-58(50)72)68-65(52)67-69(76-68)73-61-41-60-53(51-25-13-16-28-56(51)71(60)54-26-14-9-21-47(54)48-22-10-15-27-55(48)71)40-62(61)74(46-34-32-44(33-35-46)70(3,4)5)63-38-43(2)39-64(66(63)73)75(67)45-19-7-6-8-20-45/h6-41H,1-5H3. The number of rotatable bonds is 2. The Labute approximate surface area is 449 Å². The molecule has 2 nitrogen and oxygen atoms in total. The van der Waals surface area contributed by atoms with Gasteiger partial charge in [-0.15, -0.1) is 11.3 Å². The van der Waals surface area contributed by atoms with Gasteiger partial charge in [-0.2, -0.15) is 0 Å². The Morgan fingerprint density at radius 3 is 1.45 bits per heavy atom. The van der Waals surface area contributed by atoms with E-state index >= 15 is 0 Å². The van der Waals surface area contributed by atoms with Gasteiger partial charge in [0.1, 0.15) is 0 Å². The van der Waals surface area contributed by atoms with E-state index in [0.29, 0.717) is 0 Å². The number of benzene rings is 10. The maximum Gasteiger partial charge on any atom is 0.264 e. The molecule has 358 valence electrons. The maximum absolute atomic E-state index is 2.71. The topological polar surface area (TPSA) is 6.48 Å². The number of aryl methyl sites for hydroxylation is 2. The molecule has 0 amide bonds. The van der Waals surface area contributed by atoms with Crippen LogP contribution < -0.4 is 25.5 Å². The molecule has 10 aromatic carbocycles. The lowest BCUT2D eigenvalue weighted by molar-refractivity contribution is 0.590. The van der Waals surface area contributed by atoms with Crippen molar-refractivity contribution in [3.05, 3.63) is 279 Å². The maximum atomic E-state index is 2.71. The molecule has 3 heterocycles. The molecule has 6 aliphatic rings. The lowest BCUT2D eigenvalue weighted by Crippen LogP contribution is -2.60. The number of hydrogen-bond acceptors (Lipinski definition) is 3. The fraction of sp³-hybridized carbons (Fsp3) is 0.111. The van der Waals surface area contributed by atoms with Crippen LogP contribution in [0.5, 0.6) is 0 Å². The normalized spacial score (nSPS) is 15.3. The van der Waals surface area contributed by atoms with Crippen LogP contribution in [0.25, 0.3) is 44.5 Å². The van der Waals surface area contributed by atoms with Gasteiger partial charge >= 0.3 is 0 Å². The first kappa shape index (κ1) is 42.9. The van der Waals surface area contributed by atoms with E-state index in [1.54, 1.807) is 0 Å². The second-order valence-electron chi connectivity index (χ2n) is 23.2. The molecule has 0 bridgehead atoms. The number of nitrogens with zero attached hydrogens (tertiary/aromatic N) is 2. The molecule has 1 aromatic heterocycles. The predicted octanol–water partition coefficient (Wildman–Crippen LogP) is 16.4. The molecule has 0 unspecified atom stereocenters.